The van der Waals surface area contributed by atoms with Crippen LogP contribution in [0.15, 0.2) is 40.9 Å². The number of carbonyl (C=O) groups excluding carboxylic acids is 1. The molecule has 0 amide bonds. The molecule has 100 valence electrons. The fraction of sp³-hybridized carbons (Fsp3) is 0.286. The molecule has 0 aliphatic heterocycles. The first-order valence-corrected chi connectivity index (χ1v) is 6.12. The van der Waals surface area contributed by atoms with Gasteiger partial charge in [-0.05, 0) is 5.56 Å². The number of benzene rings is 1. The van der Waals surface area contributed by atoms with Gasteiger partial charge in [-0.2, -0.15) is 0 Å². The van der Waals surface area contributed by atoms with Gasteiger partial charge in [0.2, 0.25) is 0 Å². The van der Waals surface area contributed by atoms with Gasteiger partial charge < -0.3 is 15.0 Å². The quantitative estimate of drug-likeness (QED) is 0.801. The van der Waals surface area contributed by atoms with Crippen molar-refractivity contribution in [1.29, 1.82) is 0 Å². The zero-order valence-corrected chi connectivity index (χ0v) is 10.5. The molecule has 0 fully saturated rings. The predicted molar refractivity (Wildman–Crippen MR) is 69.0 cm³/mol. The van der Waals surface area contributed by atoms with Crippen LogP contribution in [0.4, 0.5) is 0 Å². The number of ether oxygens (including phenoxy) is 1. The highest BCUT2D eigenvalue weighted by atomic mass is 16.5. The highest BCUT2D eigenvalue weighted by Gasteiger charge is 2.07. The lowest BCUT2D eigenvalue weighted by molar-refractivity contribution is -0.144. The lowest BCUT2D eigenvalue weighted by Crippen LogP contribution is -2.06. The summed E-state index contributed by atoms with van der Waals surface area (Å²) in [4.78, 5) is 11.6. The monoisotopic (exact) mass is 260 g/mol. The van der Waals surface area contributed by atoms with Crippen molar-refractivity contribution in [3.8, 4) is 0 Å². The number of nitrogens with two attached hydrogens (primary N) is 1. The Balaban J connectivity index is 1.73. The normalized spacial score (nSPS) is 10.4. The van der Waals surface area contributed by atoms with Gasteiger partial charge in [-0.15, -0.1) is 0 Å². The number of rotatable bonds is 6. The molecule has 1 aromatic carbocycles. The number of aryl methyl sites for hydroxylation is 1. The van der Waals surface area contributed by atoms with Gasteiger partial charge in [0.1, 0.15) is 6.61 Å². The summed E-state index contributed by atoms with van der Waals surface area (Å²) < 4.78 is 10.1. The Morgan fingerprint density at radius 2 is 2.11 bits per heavy atom. The number of nitrogens with zero attached hydrogens (tertiary/aromatic N) is 1. The van der Waals surface area contributed by atoms with E-state index in [4.69, 9.17) is 15.0 Å². The van der Waals surface area contributed by atoms with Gasteiger partial charge in [0.25, 0.3) is 0 Å². The third-order valence-corrected chi connectivity index (χ3v) is 2.64. The van der Waals surface area contributed by atoms with Crippen LogP contribution in [-0.2, 0) is 29.1 Å². The minimum atomic E-state index is -0.249. The zero-order valence-electron chi connectivity index (χ0n) is 10.5. The summed E-state index contributed by atoms with van der Waals surface area (Å²) in [5, 5.41) is 3.81. The Labute approximate surface area is 111 Å². The molecule has 0 bridgehead atoms. The number of hydrogen-bond acceptors (Lipinski definition) is 5. The summed E-state index contributed by atoms with van der Waals surface area (Å²) in [5.41, 5.74) is 7.10. The SMILES string of the molecule is NCc1cc(CCC(=O)OCc2ccccc2)no1. The third-order valence-electron chi connectivity index (χ3n) is 2.64. The number of carbonyl (C=O) groups is 1. The predicted octanol–water partition coefficient (Wildman–Crippen LogP) is 1.81. The van der Waals surface area contributed by atoms with Gasteiger partial charge in [0.15, 0.2) is 5.76 Å². The molecule has 2 rings (SSSR count). The topological polar surface area (TPSA) is 78.4 Å². The number of hydrogen-bond donors (Lipinski definition) is 1. The second-order valence-electron chi connectivity index (χ2n) is 4.13. The molecule has 0 saturated carbocycles. The molecule has 0 radical (unpaired) electrons. The summed E-state index contributed by atoms with van der Waals surface area (Å²) in [6, 6.07) is 11.3. The Morgan fingerprint density at radius 1 is 1.32 bits per heavy atom. The Kier molecular flexibility index (Phi) is 4.69. The second kappa shape index (κ2) is 6.70. The van der Waals surface area contributed by atoms with Crippen molar-refractivity contribution < 1.29 is 14.1 Å². The average molecular weight is 260 g/mol. The molecule has 0 spiro atoms. The van der Waals surface area contributed by atoms with Crippen LogP contribution in [0.1, 0.15) is 23.4 Å². The van der Waals surface area contributed by atoms with Crippen LogP contribution in [0.3, 0.4) is 0 Å². The molecule has 0 aliphatic rings. The Bertz CT molecular complexity index is 522. The molecule has 0 saturated heterocycles. The summed E-state index contributed by atoms with van der Waals surface area (Å²) in [6.07, 6.45) is 0.778. The molecule has 1 aromatic heterocycles. The maximum atomic E-state index is 11.6. The molecule has 0 unspecified atom stereocenters. The van der Waals surface area contributed by atoms with E-state index in [2.05, 4.69) is 5.16 Å². The van der Waals surface area contributed by atoms with Crippen molar-refractivity contribution in [3.05, 3.63) is 53.4 Å². The minimum absolute atomic E-state index is 0.249. The molecule has 1 heterocycles. The highest BCUT2D eigenvalue weighted by Crippen LogP contribution is 2.07. The first-order chi connectivity index (χ1) is 9.28. The fourth-order valence-corrected chi connectivity index (χ4v) is 1.61. The highest BCUT2D eigenvalue weighted by molar-refractivity contribution is 5.69. The number of aromatic nitrogens is 1. The van der Waals surface area contributed by atoms with Gasteiger partial charge in [0.05, 0.1) is 18.7 Å². The van der Waals surface area contributed by atoms with Gasteiger partial charge in [0, 0.05) is 12.5 Å². The molecule has 0 atom stereocenters. The summed E-state index contributed by atoms with van der Waals surface area (Å²) in [7, 11) is 0. The van der Waals surface area contributed by atoms with E-state index < -0.39 is 0 Å². The van der Waals surface area contributed by atoms with Crippen molar-refractivity contribution in [2.24, 2.45) is 5.73 Å². The van der Waals surface area contributed by atoms with E-state index in [1.54, 1.807) is 6.07 Å². The standard InChI is InChI=1S/C14H16N2O3/c15-9-13-8-12(16-19-13)6-7-14(17)18-10-11-4-2-1-3-5-11/h1-5,8H,6-7,9-10,15H2. The van der Waals surface area contributed by atoms with Gasteiger partial charge in [-0.3, -0.25) is 4.79 Å². The largest absolute Gasteiger partial charge is 0.461 e. The smallest absolute Gasteiger partial charge is 0.306 e. The maximum Gasteiger partial charge on any atom is 0.306 e. The molecule has 5 nitrogen and oxygen atoms in total. The van der Waals surface area contributed by atoms with Crippen LogP contribution in [0, 0.1) is 0 Å². The van der Waals surface area contributed by atoms with Crippen LogP contribution in [0.5, 0.6) is 0 Å². The molecular formula is C14H16N2O3. The Morgan fingerprint density at radius 3 is 2.79 bits per heavy atom. The summed E-state index contributed by atoms with van der Waals surface area (Å²) in [5.74, 6) is 0.369. The lowest BCUT2D eigenvalue weighted by Gasteiger charge is -2.03. The van der Waals surface area contributed by atoms with Crippen molar-refractivity contribution in [3.63, 3.8) is 0 Å². The van der Waals surface area contributed by atoms with Crippen molar-refractivity contribution in [2.75, 3.05) is 0 Å². The van der Waals surface area contributed by atoms with Crippen LogP contribution in [0.25, 0.3) is 0 Å². The molecule has 2 aromatic rings. The molecular weight excluding hydrogens is 244 g/mol. The van der Waals surface area contributed by atoms with E-state index in [9.17, 15) is 4.79 Å². The van der Waals surface area contributed by atoms with E-state index in [0.29, 0.717) is 25.3 Å². The summed E-state index contributed by atoms with van der Waals surface area (Å²) >= 11 is 0. The van der Waals surface area contributed by atoms with E-state index in [-0.39, 0.29) is 12.4 Å². The van der Waals surface area contributed by atoms with E-state index >= 15 is 0 Å². The van der Waals surface area contributed by atoms with Gasteiger partial charge in [-0.1, -0.05) is 35.5 Å². The molecule has 0 aliphatic carbocycles. The lowest BCUT2D eigenvalue weighted by atomic mass is 10.2. The average Bonchev–Trinajstić information content (AvgIpc) is 2.92. The molecule has 19 heavy (non-hydrogen) atoms. The van der Waals surface area contributed by atoms with Crippen LogP contribution in [0.2, 0.25) is 0 Å². The van der Waals surface area contributed by atoms with Crippen molar-refractivity contribution >= 4 is 5.97 Å². The third kappa shape index (κ3) is 4.22. The second-order valence-corrected chi connectivity index (χ2v) is 4.13. The zero-order chi connectivity index (χ0) is 13.5. The van der Waals surface area contributed by atoms with Crippen LogP contribution >= 0.6 is 0 Å². The fourth-order valence-electron chi connectivity index (χ4n) is 1.61. The first kappa shape index (κ1) is 13.3. The number of esters is 1. The van der Waals surface area contributed by atoms with Crippen molar-refractivity contribution in [2.45, 2.75) is 26.0 Å². The van der Waals surface area contributed by atoms with E-state index in [0.717, 1.165) is 11.3 Å². The van der Waals surface area contributed by atoms with Gasteiger partial charge >= 0.3 is 5.97 Å². The van der Waals surface area contributed by atoms with Gasteiger partial charge in [-0.25, -0.2) is 0 Å². The molecule has 5 heteroatoms. The van der Waals surface area contributed by atoms with E-state index in [1.807, 2.05) is 30.3 Å². The minimum Gasteiger partial charge on any atom is -0.461 e. The summed E-state index contributed by atoms with van der Waals surface area (Å²) in [6.45, 7) is 0.609. The van der Waals surface area contributed by atoms with Crippen LogP contribution in [-0.4, -0.2) is 11.1 Å². The molecule has 2 N–H and O–H groups in total. The first-order valence-electron chi connectivity index (χ1n) is 6.12. The van der Waals surface area contributed by atoms with Crippen LogP contribution < -0.4 is 5.73 Å². The Hall–Kier alpha value is -2.14. The maximum absolute atomic E-state index is 11.6. The van der Waals surface area contributed by atoms with Crippen molar-refractivity contribution in [1.82, 2.24) is 5.16 Å². The van der Waals surface area contributed by atoms with E-state index in [1.165, 1.54) is 0 Å².